The second-order valence-electron chi connectivity index (χ2n) is 4.97. The Labute approximate surface area is 141 Å². The highest BCUT2D eigenvalue weighted by molar-refractivity contribution is 6.08. The minimum Gasteiger partial charge on any atom is -0.467 e. The van der Waals surface area contributed by atoms with Crippen molar-refractivity contribution in [1.29, 1.82) is 0 Å². The molecule has 0 aliphatic heterocycles. The van der Waals surface area contributed by atoms with E-state index in [4.69, 9.17) is 4.42 Å². The summed E-state index contributed by atoms with van der Waals surface area (Å²) in [4.78, 5) is 24.2. The van der Waals surface area contributed by atoms with Crippen molar-refractivity contribution in [2.45, 2.75) is 6.54 Å². The molecule has 3 aromatic rings. The number of aromatic amines is 1. The third-order valence-corrected chi connectivity index (χ3v) is 3.31. The summed E-state index contributed by atoms with van der Waals surface area (Å²) in [6.45, 7) is 0.125. The van der Waals surface area contributed by atoms with Crippen LogP contribution in [0.5, 0.6) is 0 Å². The predicted octanol–water partition coefficient (Wildman–Crippen LogP) is 2.71. The van der Waals surface area contributed by atoms with Gasteiger partial charge in [0.2, 0.25) is 0 Å². The van der Waals surface area contributed by atoms with Crippen LogP contribution in [0.15, 0.2) is 47.2 Å². The van der Waals surface area contributed by atoms with Gasteiger partial charge in [-0.3, -0.25) is 14.7 Å². The number of hydrogen-bond acceptors (Lipinski definition) is 4. The van der Waals surface area contributed by atoms with Crippen LogP contribution in [0.3, 0.4) is 0 Å². The van der Waals surface area contributed by atoms with Crippen LogP contribution in [0.4, 0.5) is 14.5 Å². The second kappa shape index (κ2) is 6.95. The van der Waals surface area contributed by atoms with Crippen molar-refractivity contribution in [3.63, 3.8) is 0 Å². The number of rotatable bonds is 5. The number of amides is 2. The fourth-order valence-corrected chi connectivity index (χ4v) is 2.12. The Morgan fingerprint density at radius 3 is 2.60 bits per heavy atom. The van der Waals surface area contributed by atoms with Gasteiger partial charge in [0.15, 0.2) is 0 Å². The third kappa shape index (κ3) is 3.55. The first-order valence-electron chi connectivity index (χ1n) is 7.15. The summed E-state index contributed by atoms with van der Waals surface area (Å²) in [7, 11) is 0. The highest BCUT2D eigenvalue weighted by atomic mass is 19.1. The molecule has 0 bridgehead atoms. The zero-order chi connectivity index (χ0) is 17.8. The van der Waals surface area contributed by atoms with Gasteiger partial charge < -0.3 is 15.1 Å². The van der Waals surface area contributed by atoms with Gasteiger partial charge in [-0.05, 0) is 24.3 Å². The first-order valence-corrected chi connectivity index (χ1v) is 7.15. The molecule has 2 aromatic heterocycles. The molecule has 0 saturated heterocycles. The smallest absolute Gasteiger partial charge is 0.271 e. The van der Waals surface area contributed by atoms with Gasteiger partial charge in [-0.2, -0.15) is 5.10 Å². The Bertz CT molecular complexity index is 892. The van der Waals surface area contributed by atoms with E-state index in [9.17, 15) is 18.4 Å². The van der Waals surface area contributed by atoms with Crippen LogP contribution >= 0.6 is 0 Å². The number of H-pyrrole nitrogens is 1. The van der Waals surface area contributed by atoms with Crippen LogP contribution in [0.2, 0.25) is 0 Å². The quantitative estimate of drug-likeness (QED) is 0.660. The molecule has 2 amide bonds. The molecule has 0 fully saturated rings. The molecular weight excluding hydrogens is 334 g/mol. The first kappa shape index (κ1) is 16.4. The van der Waals surface area contributed by atoms with Crippen LogP contribution in [-0.2, 0) is 6.54 Å². The Morgan fingerprint density at radius 1 is 1.16 bits per heavy atom. The summed E-state index contributed by atoms with van der Waals surface area (Å²) >= 11 is 0. The van der Waals surface area contributed by atoms with E-state index in [1.165, 1.54) is 12.5 Å². The third-order valence-electron chi connectivity index (χ3n) is 3.31. The molecule has 0 saturated carbocycles. The van der Waals surface area contributed by atoms with Crippen LogP contribution in [0.1, 0.15) is 28.0 Å². The first-order chi connectivity index (χ1) is 12.1. The molecule has 130 valence electrons. The summed E-state index contributed by atoms with van der Waals surface area (Å²) < 4.78 is 32.4. The van der Waals surface area contributed by atoms with Crippen LogP contribution < -0.4 is 10.6 Å². The van der Waals surface area contributed by atoms with Gasteiger partial charge in [-0.25, -0.2) is 8.78 Å². The van der Waals surface area contributed by atoms with Crippen molar-refractivity contribution >= 4 is 17.5 Å². The Hall–Kier alpha value is -3.49. The number of halogens is 2. The number of furan rings is 1. The number of nitrogens with one attached hydrogen (secondary N) is 3. The summed E-state index contributed by atoms with van der Waals surface area (Å²) in [6, 6.07) is 6.42. The molecule has 0 aliphatic rings. The Kier molecular flexibility index (Phi) is 4.55. The average molecular weight is 348 g/mol. The van der Waals surface area contributed by atoms with Gasteiger partial charge in [0.25, 0.3) is 11.8 Å². The molecule has 0 radical (unpaired) electrons. The van der Waals surface area contributed by atoms with Crippen molar-refractivity contribution in [2.75, 3.05) is 5.32 Å². The lowest BCUT2D eigenvalue weighted by atomic mass is 10.2. The molecule has 1 aromatic carbocycles. The lowest BCUT2D eigenvalue weighted by Crippen LogP contribution is -2.25. The van der Waals surface area contributed by atoms with Gasteiger partial charge in [-0.1, -0.05) is 6.07 Å². The maximum absolute atomic E-state index is 13.7. The molecule has 2 heterocycles. The largest absolute Gasteiger partial charge is 0.467 e. The summed E-state index contributed by atoms with van der Waals surface area (Å²) in [5.74, 6) is -3.09. The predicted molar refractivity (Wildman–Crippen MR) is 84.9 cm³/mol. The van der Waals surface area contributed by atoms with E-state index in [2.05, 4.69) is 20.8 Å². The number of hydrogen-bond donors (Lipinski definition) is 3. The monoisotopic (exact) mass is 348 g/mol. The fourth-order valence-electron chi connectivity index (χ4n) is 2.12. The van der Waals surface area contributed by atoms with Crippen molar-refractivity contribution in [3.05, 3.63) is 71.4 Å². The zero-order valence-corrected chi connectivity index (χ0v) is 12.7. The summed E-state index contributed by atoms with van der Waals surface area (Å²) in [5, 5.41) is 10.9. The molecule has 0 spiro atoms. The lowest BCUT2D eigenvalue weighted by molar-refractivity contribution is 0.0944. The number of carbonyl (C=O) groups is 2. The van der Waals surface area contributed by atoms with E-state index in [1.54, 1.807) is 12.1 Å². The van der Waals surface area contributed by atoms with E-state index in [-0.39, 0.29) is 19.4 Å². The van der Waals surface area contributed by atoms with E-state index < -0.39 is 29.0 Å². The Morgan fingerprint density at radius 2 is 1.92 bits per heavy atom. The highest BCUT2D eigenvalue weighted by Gasteiger charge is 2.21. The minimum atomic E-state index is -1.03. The minimum absolute atomic E-state index is 0. The molecule has 9 heteroatoms. The van der Waals surface area contributed by atoms with Gasteiger partial charge in [0.1, 0.15) is 28.7 Å². The van der Waals surface area contributed by atoms with Crippen LogP contribution in [0.25, 0.3) is 0 Å². The van der Waals surface area contributed by atoms with Crippen molar-refractivity contribution in [1.82, 2.24) is 15.5 Å². The van der Waals surface area contributed by atoms with Crippen LogP contribution in [-0.4, -0.2) is 22.0 Å². The SMILES string of the molecule is O=C(NCc1ccco1)c1[nH]ncc1NC(=O)c1c(F)cccc1F.[HH]. The fraction of sp³-hybridized carbons (Fsp3) is 0.0625. The molecule has 0 atom stereocenters. The molecule has 25 heavy (non-hydrogen) atoms. The molecule has 7 nitrogen and oxygen atoms in total. The standard InChI is InChI=1S/C16H12F2N4O3.H2/c17-10-4-1-5-11(18)13(10)15(23)21-12-8-20-22-14(12)16(24)19-7-9-3-2-6-25-9;/h1-6,8H,7H2,(H,19,24)(H,20,22)(H,21,23);1H. The number of aromatic nitrogens is 2. The number of nitrogens with zero attached hydrogens (tertiary/aromatic N) is 1. The topological polar surface area (TPSA) is 100 Å². The summed E-state index contributed by atoms with van der Waals surface area (Å²) in [5.41, 5.74) is -0.813. The van der Waals surface area contributed by atoms with Gasteiger partial charge in [0, 0.05) is 1.43 Å². The van der Waals surface area contributed by atoms with Gasteiger partial charge in [0.05, 0.1) is 24.7 Å². The molecule has 0 unspecified atom stereocenters. The van der Waals surface area contributed by atoms with E-state index in [0.717, 1.165) is 18.2 Å². The van der Waals surface area contributed by atoms with E-state index >= 15 is 0 Å². The molecule has 3 rings (SSSR count). The van der Waals surface area contributed by atoms with E-state index in [0.29, 0.717) is 5.76 Å². The summed E-state index contributed by atoms with van der Waals surface area (Å²) in [6.07, 6.45) is 2.63. The van der Waals surface area contributed by atoms with Gasteiger partial charge >= 0.3 is 0 Å². The van der Waals surface area contributed by atoms with Crippen molar-refractivity contribution < 1.29 is 24.2 Å². The maximum Gasteiger partial charge on any atom is 0.271 e. The second-order valence-corrected chi connectivity index (χ2v) is 4.97. The molecule has 0 aliphatic carbocycles. The zero-order valence-electron chi connectivity index (χ0n) is 12.7. The number of anilines is 1. The average Bonchev–Trinajstić information content (AvgIpc) is 3.24. The lowest BCUT2D eigenvalue weighted by Gasteiger charge is -2.07. The van der Waals surface area contributed by atoms with Crippen molar-refractivity contribution in [3.8, 4) is 0 Å². The van der Waals surface area contributed by atoms with Crippen molar-refractivity contribution in [2.24, 2.45) is 0 Å². The Balaban J connectivity index is 0.00000243. The molecule has 3 N–H and O–H groups in total. The highest BCUT2D eigenvalue weighted by Crippen LogP contribution is 2.17. The van der Waals surface area contributed by atoms with E-state index in [1.807, 2.05) is 0 Å². The van der Waals surface area contributed by atoms with Crippen LogP contribution in [0, 0.1) is 11.6 Å². The normalized spacial score (nSPS) is 10.5. The molecular formula is C16H14F2N4O3. The number of benzene rings is 1. The maximum atomic E-state index is 13.7. The van der Waals surface area contributed by atoms with Gasteiger partial charge in [-0.15, -0.1) is 0 Å². The number of carbonyl (C=O) groups excluding carboxylic acids is 2.